The summed E-state index contributed by atoms with van der Waals surface area (Å²) in [6, 6.07) is 72.3. The zero-order valence-corrected chi connectivity index (χ0v) is 30.0. The Morgan fingerprint density at radius 2 is 0.873 bits per heavy atom. The van der Waals surface area contributed by atoms with Crippen molar-refractivity contribution in [1.82, 2.24) is 9.55 Å². The monoisotopic (exact) mass is 698 g/mol. The minimum Gasteiger partial charge on any atom is -0.309 e. The molecule has 0 unspecified atom stereocenters. The van der Waals surface area contributed by atoms with Gasteiger partial charge in [0.15, 0.2) is 0 Å². The fourth-order valence-electron chi connectivity index (χ4n) is 8.71. The van der Waals surface area contributed by atoms with Crippen LogP contribution in [0.1, 0.15) is 0 Å². The highest BCUT2D eigenvalue weighted by Crippen LogP contribution is 2.44. The van der Waals surface area contributed by atoms with Crippen LogP contribution in [0.5, 0.6) is 0 Å². The van der Waals surface area contributed by atoms with Crippen LogP contribution in [0.3, 0.4) is 0 Å². The zero-order chi connectivity index (χ0) is 36.3. The molecule has 2 heteroatoms. The molecule has 9 aromatic carbocycles. The summed E-state index contributed by atoms with van der Waals surface area (Å²) in [5, 5.41) is 9.90. The van der Waals surface area contributed by atoms with Crippen LogP contribution in [0.15, 0.2) is 206 Å². The molecular weight excluding hydrogens is 665 g/mol. The topological polar surface area (TPSA) is 17.8 Å². The Hall–Kier alpha value is -7.29. The summed E-state index contributed by atoms with van der Waals surface area (Å²) in [6.07, 6.45) is 2.04. The molecule has 0 aliphatic rings. The number of para-hydroxylation sites is 1. The van der Waals surface area contributed by atoms with E-state index in [9.17, 15) is 0 Å². The second-order valence-electron chi connectivity index (χ2n) is 14.3. The maximum absolute atomic E-state index is 5.21. The number of hydrogen-bond acceptors (Lipinski definition) is 1. The Morgan fingerprint density at radius 3 is 1.55 bits per heavy atom. The Labute approximate surface area is 319 Å². The van der Waals surface area contributed by atoms with Crippen molar-refractivity contribution in [1.29, 1.82) is 0 Å². The van der Waals surface area contributed by atoms with E-state index in [0.29, 0.717) is 0 Å². The van der Waals surface area contributed by atoms with Crippen LogP contribution < -0.4 is 0 Å². The van der Waals surface area contributed by atoms with E-state index in [1.165, 1.54) is 76.4 Å². The Balaban J connectivity index is 1.05. The highest BCUT2D eigenvalue weighted by molar-refractivity contribution is 6.22. The van der Waals surface area contributed by atoms with Gasteiger partial charge in [-0.1, -0.05) is 170 Å². The predicted molar refractivity (Wildman–Crippen MR) is 233 cm³/mol. The number of aromatic nitrogens is 2. The van der Waals surface area contributed by atoms with Gasteiger partial charge >= 0.3 is 0 Å². The zero-order valence-electron chi connectivity index (χ0n) is 30.0. The van der Waals surface area contributed by atoms with E-state index in [-0.39, 0.29) is 0 Å². The number of benzene rings is 9. The van der Waals surface area contributed by atoms with Crippen LogP contribution in [0.2, 0.25) is 0 Å². The maximum atomic E-state index is 5.21. The van der Waals surface area contributed by atoms with Crippen molar-refractivity contribution < 1.29 is 0 Å². The summed E-state index contributed by atoms with van der Waals surface area (Å²) in [7, 11) is 0. The molecule has 0 spiro atoms. The van der Waals surface area contributed by atoms with E-state index in [1.807, 2.05) is 6.20 Å². The van der Waals surface area contributed by atoms with E-state index >= 15 is 0 Å². The lowest BCUT2D eigenvalue weighted by atomic mass is 9.87. The molecule has 2 aromatic heterocycles. The molecule has 0 aliphatic heterocycles. The van der Waals surface area contributed by atoms with Crippen molar-refractivity contribution in [3.63, 3.8) is 0 Å². The molecule has 2 nitrogen and oxygen atoms in total. The molecule has 0 atom stereocenters. The molecule has 2 heterocycles. The van der Waals surface area contributed by atoms with Gasteiger partial charge in [-0.15, -0.1) is 0 Å². The van der Waals surface area contributed by atoms with Crippen molar-refractivity contribution in [2.24, 2.45) is 0 Å². The van der Waals surface area contributed by atoms with Crippen LogP contribution in [0.4, 0.5) is 0 Å². The van der Waals surface area contributed by atoms with E-state index in [1.54, 1.807) is 0 Å². The molecule has 11 rings (SSSR count). The molecule has 0 aliphatic carbocycles. The maximum Gasteiger partial charge on any atom is 0.0714 e. The summed E-state index contributed by atoms with van der Waals surface area (Å²) < 4.78 is 2.40. The standard InChI is InChI=1S/C53H34N2/c1-3-13-35(14-4-1)36-23-25-38(26-24-36)51-43-19-9-11-21-45(43)52(46-22-12-10-20-44(46)51)48-31-28-40(34-54-48)39-27-30-47-50(33-39)55(41-16-5-2-6-17-41)49-32-29-37-15-7-8-18-42(37)53(47)49/h1-34H. The third-order valence-electron chi connectivity index (χ3n) is 11.2. The summed E-state index contributed by atoms with van der Waals surface area (Å²) in [4.78, 5) is 5.21. The second kappa shape index (κ2) is 12.7. The van der Waals surface area contributed by atoms with Crippen molar-refractivity contribution >= 4 is 54.1 Å². The van der Waals surface area contributed by atoms with Crippen molar-refractivity contribution in [2.45, 2.75) is 0 Å². The summed E-state index contributed by atoms with van der Waals surface area (Å²) in [6.45, 7) is 0. The number of rotatable bonds is 5. The minimum atomic E-state index is 0.966. The Morgan fingerprint density at radius 1 is 0.327 bits per heavy atom. The van der Waals surface area contributed by atoms with Crippen molar-refractivity contribution in [3.8, 4) is 50.3 Å². The first kappa shape index (κ1) is 31.3. The number of fused-ring (bicyclic) bond motifs is 7. The van der Waals surface area contributed by atoms with Gasteiger partial charge in [0.1, 0.15) is 0 Å². The van der Waals surface area contributed by atoms with Crippen LogP contribution in [0, 0.1) is 0 Å². The van der Waals surface area contributed by atoms with E-state index in [2.05, 4.69) is 205 Å². The molecule has 0 saturated heterocycles. The average Bonchev–Trinajstić information content (AvgIpc) is 3.60. The van der Waals surface area contributed by atoms with Gasteiger partial charge in [-0.05, 0) is 90.5 Å². The number of pyridine rings is 1. The van der Waals surface area contributed by atoms with Crippen LogP contribution >= 0.6 is 0 Å². The molecule has 0 N–H and O–H groups in total. The molecule has 256 valence electrons. The average molecular weight is 699 g/mol. The molecular formula is C53H34N2. The number of hydrogen-bond donors (Lipinski definition) is 0. The predicted octanol–water partition coefficient (Wildman–Crippen LogP) is 14.3. The normalized spacial score (nSPS) is 11.6. The van der Waals surface area contributed by atoms with Crippen molar-refractivity contribution in [2.75, 3.05) is 0 Å². The molecule has 11 aromatic rings. The first-order valence-corrected chi connectivity index (χ1v) is 18.9. The van der Waals surface area contributed by atoms with Gasteiger partial charge in [0.05, 0.1) is 16.7 Å². The molecule has 0 radical (unpaired) electrons. The van der Waals surface area contributed by atoms with E-state index < -0.39 is 0 Å². The fraction of sp³-hybridized carbons (Fsp3) is 0. The summed E-state index contributed by atoms with van der Waals surface area (Å²) >= 11 is 0. The second-order valence-corrected chi connectivity index (χ2v) is 14.3. The highest BCUT2D eigenvalue weighted by Gasteiger charge is 2.19. The summed E-state index contributed by atoms with van der Waals surface area (Å²) in [5.41, 5.74) is 12.8. The van der Waals surface area contributed by atoms with Gasteiger partial charge in [-0.3, -0.25) is 4.98 Å². The largest absolute Gasteiger partial charge is 0.309 e. The summed E-state index contributed by atoms with van der Waals surface area (Å²) in [5.74, 6) is 0. The van der Waals surface area contributed by atoms with Gasteiger partial charge in [-0.25, -0.2) is 0 Å². The third-order valence-corrected chi connectivity index (χ3v) is 11.2. The van der Waals surface area contributed by atoms with Crippen molar-refractivity contribution in [3.05, 3.63) is 206 Å². The molecule has 0 amide bonds. The van der Waals surface area contributed by atoms with Gasteiger partial charge < -0.3 is 4.57 Å². The van der Waals surface area contributed by atoms with Crippen LogP contribution in [0.25, 0.3) is 104 Å². The number of nitrogens with zero attached hydrogens (tertiary/aromatic N) is 2. The molecule has 55 heavy (non-hydrogen) atoms. The van der Waals surface area contributed by atoms with Gasteiger partial charge in [0.25, 0.3) is 0 Å². The lowest BCUT2D eigenvalue weighted by Gasteiger charge is -2.17. The van der Waals surface area contributed by atoms with E-state index in [0.717, 1.165) is 28.1 Å². The lowest BCUT2D eigenvalue weighted by molar-refractivity contribution is 1.18. The smallest absolute Gasteiger partial charge is 0.0714 e. The Kier molecular flexibility index (Phi) is 7.21. The highest BCUT2D eigenvalue weighted by atomic mass is 15.0. The molecule has 0 saturated carbocycles. The first-order valence-electron chi connectivity index (χ1n) is 18.9. The quantitative estimate of drug-likeness (QED) is 0.164. The Bertz CT molecular complexity index is 3160. The van der Waals surface area contributed by atoms with Gasteiger partial charge in [0, 0.05) is 33.8 Å². The third kappa shape index (κ3) is 5.07. The molecule has 0 bridgehead atoms. The van der Waals surface area contributed by atoms with E-state index in [4.69, 9.17) is 4.98 Å². The fourth-order valence-corrected chi connectivity index (χ4v) is 8.71. The SMILES string of the molecule is c1ccc(-c2ccc(-c3c4ccccc4c(-c4ccc(-c5ccc6c7c8ccccc8ccc7n(-c7ccccc7)c6c5)cn4)c4ccccc34)cc2)cc1. The van der Waals surface area contributed by atoms with Crippen LogP contribution in [-0.4, -0.2) is 9.55 Å². The van der Waals surface area contributed by atoms with Gasteiger partial charge in [-0.2, -0.15) is 0 Å². The van der Waals surface area contributed by atoms with Crippen LogP contribution in [-0.2, 0) is 0 Å². The lowest BCUT2D eigenvalue weighted by Crippen LogP contribution is -1.94. The molecule has 0 fully saturated rings. The van der Waals surface area contributed by atoms with Gasteiger partial charge in [0.2, 0.25) is 0 Å². The first-order chi connectivity index (χ1) is 27.3. The minimum absolute atomic E-state index is 0.966.